The molecule has 1 aliphatic heterocycles. The largest absolute Gasteiger partial charge is 0.446 e. The lowest BCUT2D eigenvalue weighted by Crippen LogP contribution is -2.54. The molecule has 1 saturated carbocycles. The summed E-state index contributed by atoms with van der Waals surface area (Å²) in [5, 5.41) is 7.08. The molecular weight excluding hydrogens is 404 g/mol. The Hall–Kier alpha value is -3.43. The molecule has 1 aromatic carbocycles. The zero-order valence-corrected chi connectivity index (χ0v) is 17.5. The topological polar surface area (TPSA) is 134 Å². The monoisotopic (exact) mass is 430 g/mol. The molecule has 3 N–H and O–H groups in total. The van der Waals surface area contributed by atoms with Gasteiger partial charge in [-0.3, -0.25) is 24.6 Å². The summed E-state index contributed by atoms with van der Waals surface area (Å²) in [7, 11) is 1.34. The molecule has 10 nitrogen and oxygen atoms in total. The van der Waals surface area contributed by atoms with Crippen LogP contribution in [0.2, 0.25) is 0 Å². The number of amides is 6. The van der Waals surface area contributed by atoms with E-state index >= 15 is 0 Å². The van der Waals surface area contributed by atoms with Crippen molar-refractivity contribution in [3.63, 3.8) is 0 Å². The van der Waals surface area contributed by atoms with Crippen molar-refractivity contribution in [3.05, 3.63) is 35.9 Å². The summed E-state index contributed by atoms with van der Waals surface area (Å²) in [6, 6.07) is 6.73. The minimum Gasteiger partial charge on any atom is -0.446 e. The summed E-state index contributed by atoms with van der Waals surface area (Å²) >= 11 is 0. The molecule has 1 heterocycles. The van der Waals surface area contributed by atoms with Gasteiger partial charge >= 0.3 is 18.0 Å². The van der Waals surface area contributed by atoms with Crippen molar-refractivity contribution in [2.45, 2.75) is 44.2 Å². The van der Waals surface area contributed by atoms with E-state index in [9.17, 15) is 24.0 Å². The van der Waals surface area contributed by atoms with Gasteiger partial charge in [-0.1, -0.05) is 50.1 Å². The molecular formula is C21H26N4O6. The van der Waals surface area contributed by atoms with Crippen LogP contribution in [0.25, 0.3) is 0 Å². The number of hydrogen-bond acceptors (Lipinski definition) is 6. The second-order valence-corrected chi connectivity index (χ2v) is 7.79. The summed E-state index contributed by atoms with van der Waals surface area (Å²) in [5.74, 6) is -2.29. The van der Waals surface area contributed by atoms with Crippen LogP contribution in [0.1, 0.15) is 44.3 Å². The van der Waals surface area contributed by atoms with Crippen molar-refractivity contribution in [3.8, 4) is 0 Å². The Labute approximate surface area is 179 Å². The first-order chi connectivity index (χ1) is 14.8. The van der Waals surface area contributed by atoms with Gasteiger partial charge in [0.05, 0.1) is 0 Å². The van der Waals surface area contributed by atoms with Gasteiger partial charge in [0.2, 0.25) is 6.10 Å². The zero-order valence-electron chi connectivity index (χ0n) is 17.5. The van der Waals surface area contributed by atoms with Gasteiger partial charge in [-0.15, -0.1) is 0 Å². The highest BCUT2D eigenvalue weighted by molar-refractivity contribution is 6.09. The fourth-order valence-corrected chi connectivity index (χ4v) is 4.08. The van der Waals surface area contributed by atoms with Crippen molar-refractivity contribution < 1.29 is 28.7 Å². The van der Waals surface area contributed by atoms with Gasteiger partial charge in [0.1, 0.15) is 12.1 Å². The fraction of sp³-hybridized carbons (Fsp3) is 0.476. The van der Waals surface area contributed by atoms with Crippen LogP contribution in [0.4, 0.5) is 9.59 Å². The third kappa shape index (κ3) is 4.52. The highest BCUT2D eigenvalue weighted by atomic mass is 16.5. The second kappa shape index (κ2) is 9.15. The molecule has 166 valence electrons. The molecule has 31 heavy (non-hydrogen) atoms. The van der Waals surface area contributed by atoms with E-state index in [1.165, 1.54) is 7.05 Å². The molecule has 1 saturated heterocycles. The Morgan fingerprint density at radius 2 is 1.94 bits per heavy atom. The van der Waals surface area contributed by atoms with Gasteiger partial charge < -0.3 is 15.4 Å². The molecule has 6 amide bonds. The van der Waals surface area contributed by atoms with Crippen LogP contribution in [-0.4, -0.2) is 53.9 Å². The average molecular weight is 430 g/mol. The Kier molecular flexibility index (Phi) is 6.57. The van der Waals surface area contributed by atoms with Crippen LogP contribution in [0.5, 0.6) is 0 Å². The summed E-state index contributed by atoms with van der Waals surface area (Å²) < 4.78 is 5.30. The maximum atomic E-state index is 13.0. The van der Waals surface area contributed by atoms with Gasteiger partial charge in [0.15, 0.2) is 0 Å². The Balaban J connectivity index is 1.73. The van der Waals surface area contributed by atoms with E-state index in [0.29, 0.717) is 12.0 Å². The summed E-state index contributed by atoms with van der Waals surface area (Å²) in [6.45, 7) is 1.28. The third-order valence-corrected chi connectivity index (χ3v) is 5.84. The predicted molar refractivity (Wildman–Crippen MR) is 108 cm³/mol. The molecule has 10 heteroatoms. The van der Waals surface area contributed by atoms with Crippen molar-refractivity contribution in [1.29, 1.82) is 0 Å². The smallest absolute Gasteiger partial charge is 0.327 e. The molecule has 3 rings (SSSR count). The number of carbonyl (C=O) groups excluding carboxylic acids is 5. The Morgan fingerprint density at radius 1 is 1.23 bits per heavy atom. The second-order valence-electron chi connectivity index (χ2n) is 7.79. The molecule has 2 aliphatic rings. The molecule has 2 fully saturated rings. The van der Waals surface area contributed by atoms with Gasteiger partial charge in [0.25, 0.3) is 11.8 Å². The number of carbonyl (C=O) groups is 5. The minimum absolute atomic E-state index is 0.0471. The lowest BCUT2D eigenvalue weighted by Gasteiger charge is -2.36. The highest BCUT2D eigenvalue weighted by Gasteiger charge is 2.55. The number of ether oxygens (including phenoxy) is 1. The van der Waals surface area contributed by atoms with Gasteiger partial charge in [0, 0.05) is 12.6 Å². The summed E-state index contributed by atoms with van der Waals surface area (Å²) in [4.78, 5) is 62.9. The number of nitrogens with zero attached hydrogens (tertiary/aromatic N) is 1. The number of benzene rings is 1. The normalized spacial score (nSPS) is 23.8. The summed E-state index contributed by atoms with van der Waals surface area (Å²) in [6.07, 6.45) is 1.69. The van der Waals surface area contributed by atoms with E-state index in [-0.39, 0.29) is 5.92 Å². The number of imide groups is 2. The van der Waals surface area contributed by atoms with Crippen molar-refractivity contribution >= 4 is 29.8 Å². The first-order valence-corrected chi connectivity index (χ1v) is 10.2. The lowest BCUT2D eigenvalue weighted by atomic mass is 9.73. The van der Waals surface area contributed by atoms with Crippen LogP contribution in [-0.2, 0) is 19.1 Å². The summed E-state index contributed by atoms with van der Waals surface area (Å²) in [5.41, 5.74) is -0.655. The van der Waals surface area contributed by atoms with Crippen molar-refractivity contribution in [2.75, 3.05) is 13.6 Å². The van der Waals surface area contributed by atoms with Crippen LogP contribution >= 0.6 is 0 Å². The van der Waals surface area contributed by atoms with Crippen molar-refractivity contribution in [2.24, 2.45) is 5.92 Å². The van der Waals surface area contributed by atoms with E-state index in [0.717, 1.165) is 24.2 Å². The number of esters is 1. The van der Waals surface area contributed by atoms with Gasteiger partial charge in [-0.25, -0.2) is 9.59 Å². The minimum atomic E-state index is -1.42. The zero-order chi connectivity index (χ0) is 22.6. The van der Waals surface area contributed by atoms with E-state index in [1.54, 1.807) is 30.3 Å². The maximum absolute atomic E-state index is 13.0. The van der Waals surface area contributed by atoms with E-state index in [2.05, 4.69) is 16.0 Å². The molecule has 0 bridgehead atoms. The van der Waals surface area contributed by atoms with Crippen molar-refractivity contribution in [1.82, 2.24) is 20.9 Å². The van der Waals surface area contributed by atoms with E-state index in [4.69, 9.17) is 4.74 Å². The molecule has 1 aromatic rings. The Morgan fingerprint density at radius 3 is 2.58 bits per heavy atom. The van der Waals surface area contributed by atoms with Crippen LogP contribution in [0.3, 0.4) is 0 Å². The predicted octanol–water partition coefficient (Wildman–Crippen LogP) is 1.23. The SMILES string of the molecule is CNC(=O)NC(=O)[C@@H](OC(=O)CN1C(=O)N[C@]2(CCCC[C@H]2C)C1=O)c1ccccc1. The number of urea groups is 2. The molecule has 1 aliphatic carbocycles. The standard InChI is InChI=1S/C21H26N4O6/c1-13-8-6-7-11-21(13)18(28)25(20(30)24-21)12-15(26)31-16(14-9-4-3-5-10-14)17(27)23-19(29)22-2/h3-5,9-10,13,16H,6-8,11-12H2,1-2H3,(H,24,30)(H2,22,23,27,29)/t13-,16+,21+/m1/s1. The van der Waals surface area contributed by atoms with Crippen LogP contribution in [0.15, 0.2) is 30.3 Å². The molecule has 0 unspecified atom stereocenters. The third-order valence-electron chi connectivity index (χ3n) is 5.84. The van der Waals surface area contributed by atoms with Gasteiger partial charge in [-0.2, -0.15) is 0 Å². The average Bonchev–Trinajstić information content (AvgIpc) is 2.99. The number of rotatable bonds is 5. The van der Waals surface area contributed by atoms with E-state index in [1.807, 2.05) is 6.92 Å². The maximum Gasteiger partial charge on any atom is 0.327 e. The van der Waals surface area contributed by atoms with Crippen LogP contribution < -0.4 is 16.0 Å². The first kappa shape index (κ1) is 22.3. The Bertz CT molecular complexity index is 889. The number of hydrogen-bond donors (Lipinski definition) is 3. The quantitative estimate of drug-likeness (QED) is 0.475. The molecule has 1 spiro atoms. The first-order valence-electron chi connectivity index (χ1n) is 10.2. The molecule has 0 radical (unpaired) electrons. The van der Waals surface area contributed by atoms with E-state index < -0.39 is 48.0 Å². The number of nitrogens with one attached hydrogen (secondary N) is 3. The molecule has 3 atom stereocenters. The van der Waals surface area contributed by atoms with Gasteiger partial charge in [-0.05, 0) is 18.8 Å². The molecule has 0 aromatic heterocycles. The highest BCUT2D eigenvalue weighted by Crippen LogP contribution is 2.38. The lowest BCUT2D eigenvalue weighted by molar-refractivity contribution is -0.158. The van der Waals surface area contributed by atoms with Crippen LogP contribution in [0, 0.1) is 5.92 Å². The fourth-order valence-electron chi connectivity index (χ4n) is 4.08.